The van der Waals surface area contributed by atoms with E-state index >= 15 is 0 Å². The van der Waals surface area contributed by atoms with Crippen LogP contribution in [0.2, 0.25) is 10.3 Å². The number of carbonyl (C=O) groups excluding carboxylic acids is 1. The van der Waals surface area contributed by atoms with Crippen LogP contribution in [0.4, 0.5) is 8.78 Å². The molecule has 1 aliphatic rings. The molecule has 6 aromatic heterocycles. The molecule has 2 aromatic carbocycles. The van der Waals surface area contributed by atoms with Crippen molar-refractivity contribution in [1.29, 1.82) is 0 Å². The van der Waals surface area contributed by atoms with Crippen LogP contribution >= 0.6 is 45.8 Å². The molecule has 1 aliphatic heterocycles. The lowest BCUT2D eigenvalue weighted by Crippen LogP contribution is -2.41. The van der Waals surface area contributed by atoms with Gasteiger partial charge in [-0.05, 0) is 97.7 Å². The molecule has 12 nitrogen and oxygen atoms in total. The third kappa shape index (κ3) is 8.32. The Hall–Kier alpha value is -5.27. The monoisotopic (exact) mass is 950 g/mol. The maximum Gasteiger partial charge on any atom is 0.494 e. The first kappa shape index (κ1) is 41.9. The zero-order chi connectivity index (χ0) is 42.4. The number of hydrogen-bond acceptors (Lipinski definition) is 9. The van der Waals surface area contributed by atoms with Crippen LogP contribution in [0.25, 0.3) is 55.0 Å². The van der Waals surface area contributed by atoms with E-state index in [0.717, 1.165) is 27.9 Å². The van der Waals surface area contributed by atoms with E-state index in [9.17, 15) is 18.4 Å². The Morgan fingerprint density at radius 2 is 1.24 bits per heavy atom. The van der Waals surface area contributed by atoms with Crippen LogP contribution in [0.15, 0.2) is 85.5 Å². The number of nitrogens with zero attached hydrogens (tertiary/aromatic N) is 4. The number of aromatic nitrogens is 6. The van der Waals surface area contributed by atoms with E-state index in [0.29, 0.717) is 58.2 Å². The minimum Gasteiger partial charge on any atom is -0.478 e. The van der Waals surface area contributed by atoms with E-state index in [1.807, 2.05) is 62.4 Å². The SMILES string of the molecule is COC(=O)c1ccc(B2OC(C)(C)C(C)(C)O2)cc1.Fc1cnc2[nH]c3cnc(Cl)cc3c2c1I.O=C(O)c1ccc(-c2c(F)cnc3[nH]c4cnc(Cl)cc4c23)cc1. The second kappa shape index (κ2) is 16.4. The summed E-state index contributed by atoms with van der Waals surface area (Å²) in [6.07, 6.45) is 5.52. The van der Waals surface area contributed by atoms with Crippen LogP contribution < -0.4 is 5.46 Å². The van der Waals surface area contributed by atoms with Crippen molar-refractivity contribution in [2.45, 2.75) is 38.9 Å². The number of pyridine rings is 4. The fourth-order valence-electron chi connectivity index (χ4n) is 6.31. The van der Waals surface area contributed by atoms with Gasteiger partial charge in [-0.2, -0.15) is 0 Å². The van der Waals surface area contributed by atoms with Gasteiger partial charge in [-0.3, -0.25) is 0 Å². The maximum atomic E-state index is 14.5. The highest BCUT2D eigenvalue weighted by atomic mass is 127. The molecule has 0 aliphatic carbocycles. The van der Waals surface area contributed by atoms with Crippen molar-refractivity contribution in [3.05, 3.63) is 122 Å². The minimum atomic E-state index is -1.04. The number of rotatable bonds is 4. The molecule has 8 aromatic rings. The molecule has 0 radical (unpaired) electrons. The first-order chi connectivity index (χ1) is 28.0. The molecule has 0 atom stereocenters. The number of carboxylic acid groups (broad SMARTS) is 1. The van der Waals surface area contributed by atoms with Gasteiger partial charge in [0, 0.05) is 27.1 Å². The number of carbonyl (C=O) groups is 2. The lowest BCUT2D eigenvalue weighted by Gasteiger charge is -2.32. The Bertz CT molecular complexity index is 2900. The predicted molar refractivity (Wildman–Crippen MR) is 231 cm³/mol. The Kier molecular flexibility index (Phi) is 11.6. The number of ether oxygens (including phenoxy) is 1. The lowest BCUT2D eigenvalue weighted by atomic mass is 9.79. The van der Waals surface area contributed by atoms with Gasteiger partial charge in [-0.1, -0.05) is 47.5 Å². The van der Waals surface area contributed by atoms with Crippen molar-refractivity contribution in [3.8, 4) is 11.1 Å². The zero-order valence-corrected chi connectivity index (χ0v) is 35.5. The summed E-state index contributed by atoms with van der Waals surface area (Å²) in [6, 6.07) is 16.5. The van der Waals surface area contributed by atoms with Crippen LogP contribution in [0.3, 0.4) is 0 Å². The normalized spacial score (nSPS) is 14.2. The van der Waals surface area contributed by atoms with E-state index in [2.05, 4.69) is 34.6 Å². The summed E-state index contributed by atoms with van der Waals surface area (Å²) in [5, 5.41) is 12.5. The number of benzene rings is 2. The topological polar surface area (TPSA) is 165 Å². The second-order valence-electron chi connectivity index (χ2n) is 14.3. The van der Waals surface area contributed by atoms with Gasteiger partial charge in [-0.25, -0.2) is 38.3 Å². The highest BCUT2D eigenvalue weighted by Crippen LogP contribution is 2.38. The number of aromatic amines is 2. The van der Waals surface area contributed by atoms with Crippen LogP contribution in [-0.2, 0) is 14.0 Å². The van der Waals surface area contributed by atoms with Crippen LogP contribution in [-0.4, -0.2) is 72.4 Å². The molecule has 3 N–H and O–H groups in total. The fourth-order valence-corrected chi connectivity index (χ4v) is 7.32. The zero-order valence-electron chi connectivity index (χ0n) is 31.8. The van der Waals surface area contributed by atoms with Crippen molar-refractivity contribution in [3.63, 3.8) is 0 Å². The molecule has 0 spiro atoms. The number of halogens is 5. The predicted octanol–water partition coefficient (Wildman–Crippen LogP) is 9.55. The van der Waals surface area contributed by atoms with Crippen molar-refractivity contribution in [1.82, 2.24) is 29.9 Å². The van der Waals surface area contributed by atoms with Crippen LogP contribution in [0, 0.1) is 15.2 Å². The molecule has 0 amide bonds. The van der Waals surface area contributed by atoms with Gasteiger partial charge in [0.25, 0.3) is 0 Å². The molecule has 59 heavy (non-hydrogen) atoms. The Morgan fingerprint density at radius 1 is 0.746 bits per heavy atom. The van der Waals surface area contributed by atoms with Gasteiger partial charge >= 0.3 is 19.1 Å². The van der Waals surface area contributed by atoms with Crippen molar-refractivity contribution in [2.24, 2.45) is 0 Å². The Labute approximate surface area is 358 Å². The fraction of sp³-hybridized carbons (Fsp3) is 0.171. The maximum absolute atomic E-state index is 14.5. The number of carboxylic acids is 1. The number of H-pyrrole nitrogens is 2. The number of esters is 1. The molecule has 0 unspecified atom stereocenters. The largest absolute Gasteiger partial charge is 0.494 e. The number of nitrogens with one attached hydrogen (secondary N) is 2. The third-order valence-corrected chi connectivity index (χ3v) is 11.5. The number of fused-ring (bicyclic) bond motifs is 6. The average Bonchev–Trinajstić information content (AvgIpc) is 3.84. The molecule has 300 valence electrons. The van der Waals surface area contributed by atoms with Gasteiger partial charge < -0.3 is 29.1 Å². The molecule has 1 saturated heterocycles. The summed E-state index contributed by atoms with van der Waals surface area (Å²) in [4.78, 5) is 44.6. The van der Waals surface area contributed by atoms with Gasteiger partial charge in [0.05, 0.1) is 68.8 Å². The summed E-state index contributed by atoms with van der Waals surface area (Å²) in [5.41, 5.74) is 4.36. The second-order valence-corrected chi connectivity index (χ2v) is 16.1. The lowest BCUT2D eigenvalue weighted by molar-refractivity contribution is 0.00578. The van der Waals surface area contributed by atoms with Crippen LogP contribution in [0.5, 0.6) is 0 Å². The van der Waals surface area contributed by atoms with E-state index in [-0.39, 0.29) is 28.6 Å². The molecule has 9 rings (SSSR count). The number of methoxy groups -OCH3 is 1. The molecular weight excluding hydrogens is 919 g/mol. The van der Waals surface area contributed by atoms with Crippen molar-refractivity contribution >= 4 is 114 Å². The average molecular weight is 951 g/mol. The van der Waals surface area contributed by atoms with Crippen LogP contribution in [0.1, 0.15) is 48.4 Å². The summed E-state index contributed by atoms with van der Waals surface area (Å²) < 4.78 is 45.0. The highest BCUT2D eigenvalue weighted by Gasteiger charge is 2.51. The van der Waals surface area contributed by atoms with Gasteiger partial charge in [-0.15, -0.1) is 0 Å². The third-order valence-electron chi connectivity index (χ3n) is 10.1. The smallest absolute Gasteiger partial charge is 0.478 e. The molecule has 7 heterocycles. The first-order valence-electron chi connectivity index (χ1n) is 17.7. The van der Waals surface area contributed by atoms with Gasteiger partial charge in [0.2, 0.25) is 0 Å². The van der Waals surface area contributed by atoms with Crippen molar-refractivity contribution in [2.75, 3.05) is 7.11 Å². The summed E-state index contributed by atoms with van der Waals surface area (Å²) in [7, 11) is 0.960. The molecule has 18 heteroatoms. The Balaban J connectivity index is 0.000000137. The quantitative estimate of drug-likeness (QED) is 0.0670. The number of aromatic carboxylic acids is 1. The molecular formula is C41H32BCl2F2IN6O6. The van der Waals surface area contributed by atoms with E-state index in [4.69, 9.17) is 37.6 Å². The first-order valence-corrected chi connectivity index (χ1v) is 19.6. The number of hydrogen-bond donors (Lipinski definition) is 3. The molecule has 1 fully saturated rings. The highest BCUT2D eigenvalue weighted by molar-refractivity contribution is 14.1. The summed E-state index contributed by atoms with van der Waals surface area (Å²) in [5.74, 6) is -2.21. The summed E-state index contributed by atoms with van der Waals surface area (Å²) >= 11 is 13.8. The van der Waals surface area contributed by atoms with Gasteiger partial charge in [0.15, 0.2) is 5.82 Å². The minimum absolute atomic E-state index is 0.135. The van der Waals surface area contributed by atoms with E-state index < -0.39 is 18.9 Å². The van der Waals surface area contributed by atoms with E-state index in [1.165, 1.54) is 25.4 Å². The van der Waals surface area contributed by atoms with E-state index in [1.54, 1.807) is 48.8 Å². The standard InChI is InChI=1S/C17H9ClFN3O2.C14H19BO4.C10H4ClFIN3/c18-13-5-10-12(7-20-13)22-16-15(10)14(11(19)6-21-16)8-1-3-9(4-2-8)17(23)24;1-13(2)14(3,4)19-15(18-13)11-8-6-10(7-9-11)12(16)17-5;11-7-1-4-6(3-14-7)16-10-8(4)9(13)5(12)2-15-10/h1-7H,(H,21,22)(H,23,24);6-9H,1-5H3;1-3H,(H,15,16). The molecule has 0 bridgehead atoms. The van der Waals surface area contributed by atoms with Crippen molar-refractivity contribution < 1.29 is 37.5 Å². The summed E-state index contributed by atoms with van der Waals surface area (Å²) in [6.45, 7) is 8.04. The van der Waals surface area contributed by atoms with Gasteiger partial charge in [0.1, 0.15) is 27.4 Å². The Morgan fingerprint density at radius 3 is 1.76 bits per heavy atom. The molecule has 0 saturated carbocycles.